The molecule has 0 bridgehead atoms. The fourth-order valence-corrected chi connectivity index (χ4v) is 1.74. The molecule has 0 aliphatic carbocycles. The lowest BCUT2D eigenvalue weighted by Crippen LogP contribution is -2.51. The van der Waals surface area contributed by atoms with Gasteiger partial charge in [0.2, 0.25) is 5.91 Å². The van der Waals surface area contributed by atoms with Gasteiger partial charge in [0.05, 0.1) is 5.70 Å². The van der Waals surface area contributed by atoms with Gasteiger partial charge in [-0.05, 0) is 12.8 Å². The van der Waals surface area contributed by atoms with E-state index in [9.17, 15) is 9.59 Å². The van der Waals surface area contributed by atoms with Crippen LogP contribution in [0.15, 0.2) is 11.8 Å². The molecule has 0 saturated carbocycles. The molecular formula is C11H19N3O2. The summed E-state index contributed by atoms with van der Waals surface area (Å²) in [5, 5.41) is 5.39. The normalized spacial score (nSPS) is 25.1. The largest absolute Gasteiger partial charge is 0.384 e. The van der Waals surface area contributed by atoms with Crippen LogP contribution in [0, 0.1) is 5.92 Å². The van der Waals surface area contributed by atoms with Crippen LogP contribution in [-0.4, -0.2) is 43.4 Å². The highest BCUT2D eigenvalue weighted by molar-refractivity contribution is 5.96. The number of rotatable bonds is 3. The van der Waals surface area contributed by atoms with Crippen LogP contribution < -0.4 is 10.6 Å². The van der Waals surface area contributed by atoms with Gasteiger partial charge in [-0.25, -0.2) is 0 Å². The fourth-order valence-electron chi connectivity index (χ4n) is 1.74. The highest BCUT2D eigenvalue weighted by Gasteiger charge is 2.32. The second kappa shape index (κ2) is 5.01. The van der Waals surface area contributed by atoms with Crippen molar-refractivity contribution in [3.8, 4) is 0 Å². The summed E-state index contributed by atoms with van der Waals surface area (Å²) in [5.74, 6) is -0.0220. The summed E-state index contributed by atoms with van der Waals surface area (Å²) in [6.45, 7) is 4.10. The maximum atomic E-state index is 12.0. The average molecular weight is 225 g/mol. The van der Waals surface area contributed by atoms with E-state index in [0.29, 0.717) is 5.70 Å². The van der Waals surface area contributed by atoms with Crippen LogP contribution >= 0.6 is 0 Å². The van der Waals surface area contributed by atoms with Gasteiger partial charge >= 0.3 is 0 Å². The van der Waals surface area contributed by atoms with E-state index in [1.165, 1.54) is 0 Å². The molecule has 5 heteroatoms. The number of hydrogen-bond donors (Lipinski definition) is 2. The molecular weight excluding hydrogens is 206 g/mol. The molecule has 2 atom stereocenters. The smallest absolute Gasteiger partial charge is 0.270 e. The molecule has 1 aliphatic heterocycles. The van der Waals surface area contributed by atoms with Crippen molar-refractivity contribution in [2.45, 2.75) is 19.9 Å². The molecule has 0 spiro atoms. The molecule has 0 fully saturated rings. The van der Waals surface area contributed by atoms with E-state index in [1.807, 2.05) is 19.9 Å². The van der Waals surface area contributed by atoms with Crippen LogP contribution in [0.1, 0.15) is 13.8 Å². The van der Waals surface area contributed by atoms with Crippen molar-refractivity contribution in [1.29, 1.82) is 0 Å². The molecule has 5 nitrogen and oxygen atoms in total. The average Bonchev–Trinajstić information content (AvgIpc) is 2.28. The topological polar surface area (TPSA) is 61.4 Å². The minimum absolute atomic E-state index is 0.0434. The highest BCUT2D eigenvalue weighted by Crippen LogP contribution is 2.21. The molecule has 2 unspecified atom stereocenters. The molecule has 0 aromatic carbocycles. The number of nitrogens with zero attached hydrogens (tertiary/aromatic N) is 1. The van der Waals surface area contributed by atoms with Crippen LogP contribution in [0.25, 0.3) is 0 Å². The van der Waals surface area contributed by atoms with E-state index < -0.39 is 0 Å². The van der Waals surface area contributed by atoms with Gasteiger partial charge in [0, 0.05) is 20.1 Å². The first-order chi connectivity index (χ1) is 7.51. The van der Waals surface area contributed by atoms with Crippen molar-refractivity contribution in [2.75, 3.05) is 20.6 Å². The number of hydrogen-bond acceptors (Lipinski definition) is 3. The lowest BCUT2D eigenvalue weighted by Gasteiger charge is -2.36. The summed E-state index contributed by atoms with van der Waals surface area (Å²) in [5.41, 5.74) is 0.564. The Labute approximate surface area is 95.9 Å². The lowest BCUT2D eigenvalue weighted by molar-refractivity contribution is -0.136. The monoisotopic (exact) mass is 225 g/mol. The molecule has 1 aliphatic rings. The Hall–Kier alpha value is -1.52. The SMILES string of the molecule is CNC(=O)CN1C(=O)C(NC)=CC(C)C1C. The van der Waals surface area contributed by atoms with Crippen LogP contribution in [-0.2, 0) is 9.59 Å². The highest BCUT2D eigenvalue weighted by atomic mass is 16.2. The number of carbonyl (C=O) groups is 2. The van der Waals surface area contributed by atoms with Crippen LogP contribution in [0.2, 0.25) is 0 Å². The Morgan fingerprint density at radius 1 is 1.44 bits per heavy atom. The number of amides is 2. The molecule has 2 N–H and O–H groups in total. The van der Waals surface area contributed by atoms with Gasteiger partial charge in [-0.1, -0.05) is 13.0 Å². The fraction of sp³-hybridized carbons (Fsp3) is 0.636. The Bertz CT molecular complexity index is 325. The molecule has 1 heterocycles. The van der Waals surface area contributed by atoms with Crippen molar-refractivity contribution in [2.24, 2.45) is 5.92 Å². The zero-order valence-corrected chi connectivity index (χ0v) is 10.2. The van der Waals surface area contributed by atoms with E-state index >= 15 is 0 Å². The molecule has 1 rings (SSSR count). The van der Waals surface area contributed by atoms with Gasteiger partial charge in [-0.2, -0.15) is 0 Å². The quantitative estimate of drug-likeness (QED) is 0.693. The van der Waals surface area contributed by atoms with Crippen molar-refractivity contribution in [3.05, 3.63) is 11.8 Å². The minimum atomic E-state index is -0.148. The summed E-state index contributed by atoms with van der Waals surface area (Å²) in [6, 6.07) is 0.0434. The predicted molar refractivity (Wildman–Crippen MR) is 61.5 cm³/mol. The van der Waals surface area contributed by atoms with E-state index in [-0.39, 0.29) is 30.3 Å². The third-order valence-electron chi connectivity index (χ3n) is 3.04. The zero-order valence-electron chi connectivity index (χ0n) is 10.2. The standard InChI is InChI=1S/C11H19N3O2/c1-7-5-9(12-3)11(16)14(8(7)2)6-10(15)13-4/h5,7-8,12H,6H2,1-4H3,(H,13,15). The third kappa shape index (κ3) is 2.35. The van der Waals surface area contributed by atoms with E-state index in [2.05, 4.69) is 10.6 Å². The first-order valence-electron chi connectivity index (χ1n) is 5.42. The predicted octanol–water partition coefficient (Wildman–Crippen LogP) is -0.297. The lowest BCUT2D eigenvalue weighted by atomic mass is 9.96. The Morgan fingerprint density at radius 2 is 2.06 bits per heavy atom. The Balaban J connectivity index is 2.87. The van der Waals surface area contributed by atoms with Crippen molar-refractivity contribution in [1.82, 2.24) is 15.5 Å². The first kappa shape index (κ1) is 12.5. The number of nitrogens with one attached hydrogen (secondary N) is 2. The van der Waals surface area contributed by atoms with E-state index in [0.717, 1.165) is 0 Å². The molecule has 0 aromatic heterocycles. The maximum Gasteiger partial charge on any atom is 0.270 e. The molecule has 0 aromatic rings. The third-order valence-corrected chi connectivity index (χ3v) is 3.04. The summed E-state index contributed by atoms with van der Waals surface area (Å²) >= 11 is 0. The molecule has 2 amide bonds. The van der Waals surface area contributed by atoms with Crippen LogP contribution in [0.4, 0.5) is 0 Å². The second-order valence-electron chi connectivity index (χ2n) is 4.04. The maximum absolute atomic E-state index is 12.0. The molecule has 16 heavy (non-hydrogen) atoms. The van der Waals surface area contributed by atoms with Gasteiger partial charge in [-0.3, -0.25) is 9.59 Å². The van der Waals surface area contributed by atoms with Gasteiger partial charge in [0.1, 0.15) is 6.54 Å². The summed E-state index contributed by atoms with van der Waals surface area (Å²) in [7, 11) is 3.28. The van der Waals surface area contributed by atoms with Gasteiger partial charge in [-0.15, -0.1) is 0 Å². The van der Waals surface area contributed by atoms with Gasteiger partial charge in [0.25, 0.3) is 5.91 Å². The Kier molecular flexibility index (Phi) is 3.93. The number of carbonyl (C=O) groups excluding carboxylic acids is 2. The summed E-state index contributed by atoms with van der Waals surface area (Å²) in [6.07, 6.45) is 1.91. The van der Waals surface area contributed by atoms with Crippen LogP contribution in [0.5, 0.6) is 0 Å². The zero-order chi connectivity index (χ0) is 12.3. The summed E-state index contributed by atoms with van der Waals surface area (Å²) in [4.78, 5) is 24.9. The van der Waals surface area contributed by atoms with E-state index in [1.54, 1.807) is 19.0 Å². The first-order valence-corrected chi connectivity index (χ1v) is 5.42. The number of likely N-dealkylation sites (N-methyl/N-ethyl adjacent to an activating group) is 2. The molecule has 90 valence electrons. The van der Waals surface area contributed by atoms with Crippen molar-refractivity contribution in [3.63, 3.8) is 0 Å². The second-order valence-corrected chi connectivity index (χ2v) is 4.04. The van der Waals surface area contributed by atoms with Gasteiger partial charge < -0.3 is 15.5 Å². The van der Waals surface area contributed by atoms with Gasteiger partial charge in [0.15, 0.2) is 0 Å². The minimum Gasteiger partial charge on any atom is -0.384 e. The molecule has 0 radical (unpaired) electrons. The van der Waals surface area contributed by atoms with Crippen molar-refractivity contribution < 1.29 is 9.59 Å². The Morgan fingerprint density at radius 3 is 2.56 bits per heavy atom. The van der Waals surface area contributed by atoms with Crippen molar-refractivity contribution >= 4 is 11.8 Å². The summed E-state index contributed by atoms with van der Waals surface area (Å²) < 4.78 is 0. The van der Waals surface area contributed by atoms with Crippen LogP contribution in [0.3, 0.4) is 0 Å². The van der Waals surface area contributed by atoms with E-state index in [4.69, 9.17) is 0 Å². The molecule has 0 saturated heterocycles.